The highest BCUT2D eigenvalue weighted by Crippen LogP contribution is 2.38. The number of benzene rings is 1. The summed E-state index contributed by atoms with van der Waals surface area (Å²) >= 11 is 0. The SMILES string of the molecule is CC1(C)Oc2ccc(CN)cc2N(CCC(=O)O)C1=O. The number of fused-ring (bicyclic) bond motifs is 1. The van der Waals surface area contributed by atoms with E-state index < -0.39 is 11.6 Å². The molecule has 0 atom stereocenters. The van der Waals surface area contributed by atoms with Crippen LogP contribution in [0.1, 0.15) is 25.8 Å². The van der Waals surface area contributed by atoms with Crippen LogP contribution in [0.15, 0.2) is 18.2 Å². The minimum absolute atomic E-state index is 0.113. The van der Waals surface area contributed by atoms with Crippen LogP contribution in [0, 0.1) is 0 Å². The second kappa shape index (κ2) is 5.13. The molecule has 1 aromatic carbocycles. The molecule has 0 unspecified atom stereocenters. The standard InChI is InChI=1S/C14H18N2O4/c1-14(2)13(19)16(6-5-12(17)18)10-7-9(8-15)3-4-11(10)20-14/h3-4,7H,5-6,8,15H2,1-2H3,(H,17,18). The first-order chi connectivity index (χ1) is 9.35. The number of rotatable bonds is 4. The molecule has 3 N–H and O–H groups in total. The number of nitrogens with two attached hydrogens (primary N) is 1. The van der Waals surface area contributed by atoms with Gasteiger partial charge in [-0.05, 0) is 31.5 Å². The number of carbonyl (C=O) groups is 2. The van der Waals surface area contributed by atoms with Gasteiger partial charge in [-0.1, -0.05) is 6.07 Å². The summed E-state index contributed by atoms with van der Waals surface area (Å²) in [5.74, 6) is -0.628. The molecular weight excluding hydrogens is 260 g/mol. The highest BCUT2D eigenvalue weighted by Gasteiger charge is 2.40. The fraction of sp³-hybridized carbons (Fsp3) is 0.429. The zero-order valence-corrected chi connectivity index (χ0v) is 11.5. The lowest BCUT2D eigenvalue weighted by Crippen LogP contribution is -2.53. The Bertz CT molecular complexity index is 554. The summed E-state index contributed by atoms with van der Waals surface area (Å²) in [6, 6.07) is 5.36. The van der Waals surface area contributed by atoms with Crippen molar-refractivity contribution in [2.75, 3.05) is 11.4 Å². The van der Waals surface area contributed by atoms with Gasteiger partial charge in [0.2, 0.25) is 0 Å². The fourth-order valence-electron chi connectivity index (χ4n) is 2.17. The quantitative estimate of drug-likeness (QED) is 0.861. The second-order valence-corrected chi connectivity index (χ2v) is 5.22. The van der Waals surface area contributed by atoms with Crippen LogP contribution in [0.3, 0.4) is 0 Å². The molecule has 0 aliphatic carbocycles. The minimum atomic E-state index is -1.00. The highest BCUT2D eigenvalue weighted by atomic mass is 16.5. The van der Waals surface area contributed by atoms with E-state index in [9.17, 15) is 9.59 Å². The van der Waals surface area contributed by atoms with Gasteiger partial charge >= 0.3 is 5.97 Å². The molecular formula is C14H18N2O4. The van der Waals surface area contributed by atoms with Gasteiger partial charge in [-0.3, -0.25) is 9.59 Å². The summed E-state index contributed by atoms with van der Waals surface area (Å²) in [5, 5.41) is 8.82. The summed E-state index contributed by atoms with van der Waals surface area (Å²) < 4.78 is 5.69. The van der Waals surface area contributed by atoms with Crippen LogP contribution in [0.2, 0.25) is 0 Å². The molecule has 6 nitrogen and oxygen atoms in total. The molecule has 0 aromatic heterocycles. The largest absolute Gasteiger partial charge is 0.481 e. The van der Waals surface area contributed by atoms with Crippen molar-refractivity contribution >= 4 is 17.6 Å². The Morgan fingerprint density at radius 1 is 1.45 bits per heavy atom. The Hall–Kier alpha value is -2.08. The van der Waals surface area contributed by atoms with Crippen molar-refractivity contribution in [2.45, 2.75) is 32.4 Å². The molecule has 0 saturated heterocycles. The number of carboxylic acid groups (broad SMARTS) is 1. The van der Waals surface area contributed by atoms with Gasteiger partial charge in [0.05, 0.1) is 12.1 Å². The molecule has 20 heavy (non-hydrogen) atoms. The summed E-state index contributed by atoms with van der Waals surface area (Å²) in [6.07, 6.45) is -0.117. The zero-order chi connectivity index (χ0) is 14.9. The normalized spacial score (nSPS) is 16.6. The number of ether oxygens (including phenoxy) is 1. The first kappa shape index (κ1) is 14.3. The highest BCUT2D eigenvalue weighted by molar-refractivity contribution is 6.02. The Morgan fingerprint density at radius 3 is 2.75 bits per heavy atom. The number of hydrogen-bond donors (Lipinski definition) is 2. The Kier molecular flexibility index (Phi) is 3.67. The van der Waals surface area contributed by atoms with Gasteiger partial charge in [-0.15, -0.1) is 0 Å². The third-order valence-electron chi connectivity index (χ3n) is 3.22. The van der Waals surface area contributed by atoms with Crippen LogP contribution in [0.25, 0.3) is 0 Å². The molecule has 6 heteroatoms. The van der Waals surface area contributed by atoms with Crippen LogP contribution in [-0.2, 0) is 16.1 Å². The van der Waals surface area contributed by atoms with Crippen LogP contribution < -0.4 is 15.4 Å². The van der Waals surface area contributed by atoms with Crippen molar-refractivity contribution in [2.24, 2.45) is 5.73 Å². The number of aliphatic carboxylic acids is 1. The van der Waals surface area contributed by atoms with Crippen LogP contribution in [0.5, 0.6) is 5.75 Å². The van der Waals surface area contributed by atoms with E-state index in [1.807, 2.05) is 6.07 Å². The maximum absolute atomic E-state index is 12.4. The van der Waals surface area contributed by atoms with Crippen molar-refractivity contribution in [3.05, 3.63) is 23.8 Å². The summed E-state index contributed by atoms with van der Waals surface area (Å²) in [7, 11) is 0. The molecule has 0 bridgehead atoms. The maximum atomic E-state index is 12.4. The molecule has 1 amide bonds. The zero-order valence-electron chi connectivity index (χ0n) is 11.5. The van der Waals surface area contributed by atoms with Crippen molar-refractivity contribution in [1.29, 1.82) is 0 Å². The number of nitrogens with zero attached hydrogens (tertiary/aromatic N) is 1. The van der Waals surface area contributed by atoms with E-state index in [-0.39, 0.29) is 18.9 Å². The summed E-state index contributed by atoms with van der Waals surface area (Å²) in [4.78, 5) is 24.6. The third-order valence-corrected chi connectivity index (χ3v) is 3.22. The fourth-order valence-corrected chi connectivity index (χ4v) is 2.17. The topological polar surface area (TPSA) is 92.9 Å². The number of amides is 1. The van der Waals surface area contributed by atoms with Gasteiger partial charge in [0, 0.05) is 13.1 Å². The van der Waals surface area contributed by atoms with Gasteiger partial charge in [-0.25, -0.2) is 0 Å². The van der Waals surface area contributed by atoms with Gasteiger partial charge < -0.3 is 20.5 Å². The molecule has 1 aromatic rings. The van der Waals surface area contributed by atoms with E-state index in [2.05, 4.69) is 0 Å². The Morgan fingerprint density at radius 2 is 2.15 bits per heavy atom. The first-order valence-corrected chi connectivity index (χ1v) is 6.41. The predicted molar refractivity (Wildman–Crippen MR) is 73.6 cm³/mol. The Labute approximate surface area is 117 Å². The lowest BCUT2D eigenvalue weighted by Gasteiger charge is -2.38. The second-order valence-electron chi connectivity index (χ2n) is 5.22. The summed E-state index contributed by atoms with van der Waals surface area (Å²) in [6.45, 7) is 3.80. The Balaban J connectivity index is 2.42. The molecule has 0 fully saturated rings. The molecule has 2 rings (SSSR count). The van der Waals surface area contributed by atoms with Crippen molar-refractivity contribution in [3.8, 4) is 5.75 Å². The van der Waals surface area contributed by atoms with Gasteiger partial charge in [0.15, 0.2) is 5.60 Å². The van der Waals surface area contributed by atoms with E-state index in [0.29, 0.717) is 18.0 Å². The van der Waals surface area contributed by atoms with Gasteiger partial charge in [-0.2, -0.15) is 0 Å². The molecule has 1 aliphatic heterocycles. The van der Waals surface area contributed by atoms with Crippen molar-refractivity contribution in [1.82, 2.24) is 0 Å². The van der Waals surface area contributed by atoms with E-state index in [1.54, 1.807) is 26.0 Å². The van der Waals surface area contributed by atoms with Crippen LogP contribution >= 0.6 is 0 Å². The molecule has 108 valence electrons. The first-order valence-electron chi connectivity index (χ1n) is 6.41. The van der Waals surface area contributed by atoms with Crippen LogP contribution in [0.4, 0.5) is 5.69 Å². The average Bonchev–Trinajstić information content (AvgIpc) is 2.38. The molecule has 0 spiro atoms. The molecule has 0 saturated carbocycles. The number of hydrogen-bond acceptors (Lipinski definition) is 4. The monoisotopic (exact) mass is 278 g/mol. The average molecular weight is 278 g/mol. The number of carbonyl (C=O) groups excluding carboxylic acids is 1. The van der Waals surface area contributed by atoms with E-state index in [0.717, 1.165) is 5.56 Å². The van der Waals surface area contributed by atoms with Crippen LogP contribution in [-0.4, -0.2) is 29.1 Å². The van der Waals surface area contributed by atoms with Gasteiger partial charge in [0.25, 0.3) is 5.91 Å². The molecule has 1 heterocycles. The molecule has 1 aliphatic rings. The smallest absolute Gasteiger partial charge is 0.305 e. The lowest BCUT2D eigenvalue weighted by atomic mass is 10.0. The summed E-state index contributed by atoms with van der Waals surface area (Å²) in [5.41, 5.74) is 6.04. The third kappa shape index (κ3) is 2.60. The van der Waals surface area contributed by atoms with E-state index >= 15 is 0 Å². The lowest BCUT2D eigenvalue weighted by molar-refractivity contribution is -0.137. The van der Waals surface area contributed by atoms with Crippen molar-refractivity contribution in [3.63, 3.8) is 0 Å². The van der Waals surface area contributed by atoms with Gasteiger partial charge in [0.1, 0.15) is 5.75 Å². The van der Waals surface area contributed by atoms with E-state index in [1.165, 1.54) is 4.90 Å². The number of anilines is 1. The predicted octanol–water partition coefficient (Wildman–Crippen LogP) is 1.12. The maximum Gasteiger partial charge on any atom is 0.305 e. The number of carboxylic acids is 1. The molecule has 0 radical (unpaired) electrons. The minimum Gasteiger partial charge on any atom is -0.481 e. The van der Waals surface area contributed by atoms with Crippen molar-refractivity contribution < 1.29 is 19.4 Å². The van der Waals surface area contributed by atoms with E-state index in [4.69, 9.17) is 15.6 Å².